The summed E-state index contributed by atoms with van der Waals surface area (Å²) in [4.78, 5) is 13.6. The Morgan fingerprint density at radius 3 is 2.90 bits per heavy atom. The third-order valence-corrected chi connectivity index (χ3v) is 5.36. The van der Waals surface area contributed by atoms with Crippen LogP contribution in [0, 0.1) is 13.8 Å². The minimum absolute atomic E-state index is 0.0282. The molecule has 0 amide bonds. The van der Waals surface area contributed by atoms with Crippen molar-refractivity contribution in [3.05, 3.63) is 16.8 Å². The lowest BCUT2D eigenvalue weighted by Gasteiger charge is -2.43. The molecule has 2 aromatic heterocycles. The number of aromatic nitrogens is 2. The van der Waals surface area contributed by atoms with Crippen LogP contribution in [-0.2, 0) is 4.74 Å². The largest absolute Gasteiger partial charge is 0.367 e. The van der Waals surface area contributed by atoms with Gasteiger partial charge in [-0.3, -0.25) is 0 Å². The fourth-order valence-electron chi connectivity index (χ4n) is 2.94. The van der Waals surface area contributed by atoms with E-state index in [1.54, 1.807) is 17.7 Å². The van der Waals surface area contributed by atoms with E-state index in [1.807, 2.05) is 0 Å². The van der Waals surface area contributed by atoms with Crippen molar-refractivity contribution in [2.45, 2.75) is 39.4 Å². The molecule has 2 aromatic rings. The molecule has 1 atom stereocenters. The number of morpholine rings is 1. The summed E-state index contributed by atoms with van der Waals surface area (Å²) >= 11 is 7.76. The zero-order valence-corrected chi connectivity index (χ0v) is 14.4. The van der Waals surface area contributed by atoms with Crippen molar-refractivity contribution in [2.75, 3.05) is 23.9 Å². The molecule has 1 aliphatic heterocycles. The lowest BCUT2D eigenvalue weighted by atomic mass is 10.0. The number of aryl methyl sites for hydroxylation is 2. The first-order chi connectivity index (χ1) is 9.91. The van der Waals surface area contributed by atoms with Crippen LogP contribution in [0.25, 0.3) is 10.2 Å². The second kappa shape index (κ2) is 5.38. The molecule has 1 aliphatic rings. The van der Waals surface area contributed by atoms with Crippen molar-refractivity contribution < 1.29 is 4.74 Å². The van der Waals surface area contributed by atoms with Gasteiger partial charge in [-0.1, -0.05) is 0 Å². The number of hydrogen-bond donors (Lipinski definition) is 0. The normalized spacial score (nSPS) is 22.0. The standard InChI is InChI=1S/C15H20ClN3OS/c1-9-10(2)21-14-12(9)13(17-8-18-14)19-6-11(5-16)20-15(3,4)7-19/h8,11H,5-7H2,1-4H3. The molecule has 0 radical (unpaired) electrons. The number of hydrogen-bond acceptors (Lipinski definition) is 5. The Bertz CT molecular complexity index is 670. The van der Waals surface area contributed by atoms with Gasteiger partial charge in [-0.05, 0) is 33.3 Å². The number of anilines is 1. The number of rotatable bonds is 2. The van der Waals surface area contributed by atoms with Gasteiger partial charge < -0.3 is 9.64 Å². The maximum atomic E-state index is 6.03. The van der Waals surface area contributed by atoms with Crippen LogP contribution in [0.3, 0.4) is 0 Å². The van der Waals surface area contributed by atoms with Crippen molar-refractivity contribution in [1.29, 1.82) is 0 Å². The summed E-state index contributed by atoms with van der Waals surface area (Å²) in [5, 5.41) is 1.17. The fourth-order valence-corrected chi connectivity index (χ4v) is 4.09. The first-order valence-electron chi connectivity index (χ1n) is 7.11. The van der Waals surface area contributed by atoms with Crippen LogP contribution in [-0.4, -0.2) is 40.6 Å². The minimum Gasteiger partial charge on any atom is -0.367 e. The molecule has 0 saturated carbocycles. The number of halogens is 1. The predicted molar refractivity (Wildman–Crippen MR) is 88.8 cm³/mol. The monoisotopic (exact) mass is 325 g/mol. The van der Waals surface area contributed by atoms with Gasteiger partial charge in [0.05, 0.1) is 23.0 Å². The second-order valence-electron chi connectivity index (χ2n) is 6.20. The van der Waals surface area contributed by atoms with Crippen molar-refractivity contribution in [2.24, 2.45) is 0 Å². The number of nitrogens with zero attached hydrogens (tertiary/aromatic N) is 3. The molecule has 1 fully saturated rings. The van der Waals surface area contributed by atoms with Crippen LogP contribution in [0.4, 0.5) is 5.82 Å². The van der Waals surface area contributed by atoms with Crippen LogP contribution in [0.2, 0.25) is 0 Å². The molecule has 0 aromatic carbocycles. The summed E-state index contributed by atoms with van der Waals surface area (Å²) in [6, 6.07) is 0. The quantitative estimate of drug-likeness (QED) is 0.792. The molecule has 1 saturated heterocycles. The average Bonchev–Trinajstić information content (AvgIpc) is 2.72. The molecule has 0 spiro atoms. The summed E-state index contributed by atoms with van der Waals surface area (Å²) in [6.07, 6.45) is 1.69. The van der Waals surface area contributed by atoms with E-state index >= 15 is 0 Å². The van der Waals surface area contributed by atoms with Crippen molar-refractivity contribution >= 4 is 39.0 Å². The molecular formula is C15H20ClN3OS. The van der Waals surface area contributed by atoms with Crippen LogP contribution in [0.1, 0.15) is 24.3 Å². The first-order valence-corrected chi connectivity index (χ1v) is 8.46. The molecular weight excluding hydrogens is 306 g/mol. The molecule has 6 heteroatoms. The second-order valence-corrected chi connectivity index (χ2v) is 7.71. The molecule has 0 bridgehead atoms. The SMILES string of the molecule is Cc1sc2ncnc(N3CC(CCl)OC(C)(C)C3)c2c1C. The number of alkyl halides is 1. The summed E-state index contributed by atoms with van der Waals surface area (Å²) in [6.45, 7) is 10.1. The van der Waals surface area contributed by atoms with Gasteiger partial charge >= 0.3 is 0 Å². The fraction of sp³-hybridized carbons (Fsp3) is 0.600. The summed E-state index contributed by atoms with van der Waals surface area (Å²) < 4.78 is 6.01. The molecule has 3 heterocycles. The lowest BCUT2D eigenvalue weighted by molar-refractivity contribution is -0.0735. The first kappa shape index (κ1) is 15.0. The summed E-state index contributed by atoms with van der Waals surface area (Å²) in [5.74, 6) is 1.50. The summed E-state index contributed by atoms with van der Waals surface area (Å²) in [7, 11) is 0. The molecule has 4 nitrogen and oxygen atoms in total. The molecule has 1 unspecified atom stereocenters. The van der Waals surface area contributed by atoms with E-state index in [1.165, 1.54) is 15.8 Å². The highest BCUT2D eigenvalue weighted by atomic mass is 35.5. The van der Waals surface area contributed by atoms with Crippen molar-refractivity contribution in [3.63, 3.8) is 0 Å². The topological polar surface area (TPSA) is 38.2 Å². The van der Waals surface area contributed by atoms with Crippen molar-refractivity contribution in [1.82, 2.24) is 9.97 Å². The number of thiophene rings is 1. The van der Waals surface area contributed by atoms with Gasteiger partial charge in [-0.25, -0.2) is 9.97 Å². The van der Waals surface area contributed by atoms with E-state index < -0.39 is 0 Å². The molecule has 0 N–H and O–H groups in total. The number of ether oxygens (including phenoxy) is 1. The van der Waals surface area contributed by atoms with Gasteiger partial charge in [0.2, 0.25) is 0 Å². The Labute approximate surface area is 134 Å². The molecule has 0 aliphatic carbocycles. The van der Waals surface area contributed by atoms with Gasteiger partial charge in [-0.2, -0.15) is 0 Å². The van der Waals surface area contributed by atoms with E-state index in [0.29, 0.717) is 5.88 Å². The Morgan fingerprint density at radius 1 is 1.43 bits per heavy atom. The third kappa shape index (κ3) is 2.74. The van der Waals surface area contributed by atoms with Crippen LogP contribution in [0.5, 0.6) is 0 Å². The zero-order chi connectivity index (χ0) is 15.2. The van der Waals surface area contributed by atoms with Gasteiger partial charge in [0.1, 0.15) is 17.0 Å². The molecule has 3 rings (SSSR count). The maximum Gasteiger partial charge on any atom is 0.141 e. The van der Waals surface area contributed by atoms with Crippen molar-refractivity contribution in [3.8, 4) is 0 Å². The highest BCUT2D eigenvalue weighted by Gasteiger charge is 2.34. The van der Waals surface area contributed by atoms with Gasteiger partial charge in [0.25, 0.3) is 0 Å². The Morgan fingerprint density at radius 2 is 2.19 bits per heavy atom. The lowest BCUT2D eigenvalue weighted by Crippen LogP contribution is -2.53. The average molecular weight is 326 g/mol. The van der Waals surface area contributed by atoms with Gasteiger partial charge in [-0.15, -0.1) is 22.9 Å². The highest BCUT2D eigenvalue weighted by molar-refractivity contribution is 7.18. The van der Waals surface area contributed by atoms with E-state index in [2.05, 4.69) is 42.6 Å². The van der Waals surface area contributed by atoms with Crippen LogP contribution >= 0.6 is 22.9 Å². The van der Waals surface area contributed by atoms with E-state index in [0.717, 1.165) is 23.7 Å². The minimum atomic E-state index is -0.228. The van der Waals surface area contributed by atoms with E-state index in [4.69, 9.17) is 16.3 Å². The number of fused-ring (bicyclic) bond motifs is 1. The molecule has 114 valence electrons. The maximum absolute atomic E-state index is 6.03. The predicted octanol–water partition coefficient (Wildman–Crippen LogP) is 3.53. The van der Waals surface area contributed by atoms with Crippen LogP contribution in [0.15, 0.2) is 6.33 Å². The smallest absolute Gasteiger partial charge is 0.141 e. The van der Waals surface area contributed by atoms with Crippen LogP contribution < -0.4 is 4.90 Å². The van der Waals surface area contributed by atoms with Gasteiger partial charge in [0, 0.05) is 18.0 Å². The zero-order valence-electron chi connectivity index (χ0n) is 12.8. The summed E-state index contributed by atoms with van der Waals surface area (Å²) in [5.41, 5.74) is 1.05. The third-order valence-electron chi connectivity index (χ3n) is 3.90. The van der Waals surface area contributed by atoms with E-state index in [9.17, 15) is 0 Å². The Hall–Kier alpha value is -0.910. The Kier molecular flexibility index (Phi) is 3.84. The van der Waals surface area contributed by atoms with Gasteiger partial charge in [0.15, 0.2) is 0 Å². The van der Waals surface area contributed by atoms with E-state index in [-0.39, 0.29) is 11.7 Å². The Balaban J connectivity index is 2.07. The highest BCUT2D eigenvalue weighted by Crippen LogP contribution is 2.36. The molecule has 21 heavy (non-hydrogen) atoms.